The molecule has 5 nitrogen and oxygen atoms in total. The molecule has 0 bridgehead atoms. The first-order valence-corrected chi connectivity index (χ1v) is 6.18. The number of hydrogen-bond acceptors (Lipinski definition) is 4. The van der Waals surface area contributed by atoms with E-state index in [4.69, 9.17) is 0 Å². The van der Waals surface area contributed by atoms with Crippen molar-refractivity contribution in [1.82, 2.24) is 10.3 Å². The lowest BCUT2D eigenvalue weighted by atomic mass is 10.2. The molecule has 1 aromatic rings. The second-order valence-electron chi connectivity index (χ2n) is 4.43. The van der Waals surface area contributed by atoms with Gasteiger partial charge in [0.2, 0.25) is 6.17 Å². The molecule has 0 saturated carbocycles. The lowest BCUT2D eigenvalue weighted by Crippen LogP contribution is -2.52. The summed E-state index contributed by atoms with van der Waals surface area (Å²) in [4.78, 5) is 15.3. The Hall–Kier alpha value is -2.44. The van der Waals surface area contributed by atoms with Gasteiger partial charge in [0.1, 0.15) is 5.84 Å². The Bertz CT molecular complexity index is 629. The predicted molar refractivity (Wildman–Crippen MR) is 69.5 cm³/mol. The Morgan fingerprint density at radius 1 is 1.30 bits per heavy atom. The Morgan fingerprint density at radius 2 is 2.10 bits per heavy atom. The fraction of sp³-hybridized carbons (Fsp3) is 0.231. The van der Waals surface area contributed by atoms with Crippen molar-refractivity contribution in [3.63, 3.8) is 0 Å². The van der Waals surface area contributed by atoms with E-state index in [1.54, 1.807) is 11.1 Å². The standard InChI is InChI=1S/C13H12F2N4O/c1-2-11-16-17-12-13(20)18(5-6-19(11)12)8-3-4-9(14)10(15)7-8/h3-7,12,17H,2H2,1H3. The van der Waals surface area contributed by atoms with Crippen LogP contribution in [0.4, 0.5) is 14.5 Å². The molecular weight excluding hydrogens is 266 g/mol. The van der Waals surface area contributed by atoms with E-state index in [1.165, 1.54) is 17.2 Å². The van der Waals surface area contributed by atoms with Gasteiger partial charge in [-0.05, 0) is 12.1 Å². The van der Waals surface area contributed by atoms with Crippen molar-refractivity contribution in [3.8, 4) is 0 Å². The number of anilines is 1. The summed E-state index contributed by atoms with van der Waals surface area (Å²) in [5, 5.41) is 4.07. The highest BCUT2D eigenvalue weighted by Crippen LogP contribution is 2.24. The minimum atomic E-state index is -0.990. The molecule has 1 N–H and O–H groups in total. The molecule has 0 aliphatic carbocycles. The molecule has 104 valence electrons. The lowest BCUT2D eigenvalue weighted by molar-refractivity contribution is -0.122. The van der Waals surface area contributed by atoms with Crippen LogP contribution in [0.5, 0.6) is 0 Å². The number of rotatable bonds is 2. The van der Waals surface area contributed by atoms with Crippen LogP contribution < -0.4 is 10.3 Å². The first-order chi connectivity index (χ1) is 9.61. The van der Waals surface area contributed by atoms with Crippen molar-refractivity contribution >= 4 is 17.4 Å². The highest BCUT2D eigenvalue weighted by Gasteiger charge is 2.37. The third kappa shape index (κ3) is 1.82. The zero-order valence-corrected chi connectivity index (χ0v) is 10.7. The monoisotopic (exact) mass is 278 g/mol. The zero-order chi connectivity index (χ0) is 14.3. The van der Waals surface area contributed by atoms with E-state index in [0.29, 0.717) is 6.42 Å². The molecule has 0 fully saturated rings. The van der Waals surface area contributed by atoms with Crippen LogP contribution in [0.25, 0.3) is 0 Å². The van der Waals surface area contributed by atoms with Crippen LogP contribution in [0.3, 0.4) is 0 Å². The minimum absolute atomic E-state index is 0.275. The second kappa shape index (κ2) is 4.59. The number of fused-ring (bicyclic) bond motifs is 1. The fourth-order valence-electron chi connectivity index (χ4n) is 2.20. The summed E-state index contributed by atoms with van der Waals surface area (Å²) in [6.45, 7) is 1.93. The number of carbonyl (C=O) groups excluding carboxylic acids is 1. The van der Waals surface area contributed by atoms with E-state index in [-0.39, 0.29) is 11.6 Å². The summed E-state index contributed by atoms with van der Waals surface area (Å²) in [5.74, 6) is -1.48. The van der Waals surface area contributed by atoms with Crippen LogP contribution in [0.15, 0.2) is 35.7 Å². The predicted octanol–water partition coefficient (Wildman–Crippen LogP) is 1.74. The Morgan fingerprint density at radius 3 is 2.80 bits per heavy atom. The van der Waals surface area contributed by atoms with Gasteiger partial charge in [-0.1, -0.05) is 6.92 Å². The molecule has 7 heteroatoms. The summed E-state index contributed by atoms with van der Waals surface area (Å²) in [6.07, 6.45) is 3.26. The topological polar surface area (TPSA) is 47.9 Å². The second-order valence-corrected chi connectivity index (χ2v) is 4.43. The van der Waals surface area contributed by atoms with Crippen LogP contribution in [0, 0.1) is 11.6 Å². The van der Waals surface area contributed by atoms with Crippen LogP contribution >= 0.6 is 0 Å². The van der Waals surface area contributed by atoms with Crippen molar-refractivity contribution in [2.24, 2.45) is 5.10 Å². The maximum absolute atomic E-state index is 13.3. The number of halogens is 2. The molecule has 2 aliphatic rings. The Balaban J connectivity index is 1.92. The van der Waals surface area contributed by atoms with Gasteiger partial charge in [-0.25, -0.2) is 8.78 Å². The molecule has 1 amide bonds. The van der Waals surface area contributed by atoms with Gasteiger partial charge in [0.25, 0.3) is 5.91 Å². The average molecular weight is 278 g/mol. The summed E-state index contributed by atoms with van der Waals surface area (Å²) >= 11 is 0. The lowest BCUT2D eigenvalue weighted by Gasteiger charge is -2.32. The molecule has 20 heavy (non-hydrogen) atoms. The summed E-state index contributed by atoms with van der Waals surface area (Å²) in [7, 11) is 0. The highest BCUT2D eigenvalue weighted by atomic mass is 19.2. The van der Waals surface area contributed by atoms with Gasteiger partial charge in [-0.2, -0.15) is 5.10 Å². The molecule has 2 heterocycles. The van der Waals surface area contributed by atoms with Gasteiger partial charge in [0, 0.05) is 24.9 Å². The smallest absolute Gasteiger partial charge is 0.276 e. The van der Waals surface area contributed by atoms with E-state index < -0.39 is 17.8 Å². The van der Waals surface area contributed by atoms with Gasteiger partial charge in [-0.3, -0.25) is 15.1 Å². The molecule has 0 radical (unpaired) electrons. The summed E-state index contributed by atoms with van der Waals surface area (Å²) in [5.41, 5.74) is 3.01. The molecule has 3 rings (SSSR count). The highest BCUT2D eigenvalue weighted by molar-refractivity contribution is 6.03. The van der Waals surface area contributed by atoms with Crippen LogP contribution in [0.1, 0.15) is 13.3 Å². The fourth-order valence-corrected chi connectivity index (χ4v) is 2.20. The van der Waals surface area contributed by atoms with E-state index in [1.807, 2.05) is 6.92 Å². The number of nitrogens with zero attached hydrogens (tertiary/aromatic N) is 3. The molecule has 0 saturated heterocycles. The minimum Gasteiger partial charge on any atom is -0.303 e. The largest absolute Gasteiger partial charge is 0.303 e. The zero-order valence-electron chi connectivity index (χ0n) is 10.7. The maximum atomic E-state index is 13.3. The van der Waals surface area contributed by atoms with Gasteiger partial charge < -0.3 is 4.90 Å². The Kier molecular flexibility index (Phi) is 2.89. The molecule has 1 unspecified atom stereocenters. The van der Waals surface area contributed by atoms with Gasteiger partial charge in [0.05, 0.1) is 5.69 Å². The van der Waals surface area contributed by atoms with Gasteiger partial charge in [0.15, 0.2) is 11.6 Å². The molecule has 1 aromatic carbocycles. The van der Waals surface area contributed by atoms with Gasteiger partial charge in [-0.15, -0.1) is 0 Å². The van der Waals surface area contributed by atoms with Crippen LogP contribution in [-0.2, 0) is 4.79 Å². The normalized spacial score (nSPS) is 20.9. The molecule has 0 spiro atoms. The average Bonchev–Trinajstić information content (AvgIpc) is 2.86. The van der Waals surface area contributed by atoms with Crippen molar-refractivity contribution in [1.29, 1.82) is 0 Å². The third-order valence-corrected chi connectivity index (χ3v) is 3.24. The number of nitrogens with one attached hydrogen (secondary N) is 1. The number of amides is 1. The number of hydrogen-bond donors (Lipinski definition) is 1. The van der Waals surface area contributed by atoms with Gasteiger partial charge >= 0.3 is 0 Å². The quantitative estimate of drug-likeness (QED) is 0.896. The number of benzene rings is 1. The van der Waals surface area contributed by atoms with Crippen molar-refractivity contribution in [2.45, 2.75) is 19.5 Å². The first kappa shape index (κ1) is 12.6. The van der Waals surface area contributed by atoms with E-state index in [9.17, 15) is 13.6 Å². The number of carbonyl (C=O) groups is 1. The molecule has 0 aromatic heterocycles. The Labute approximate surface area is 114 Å². The first-order valence-electron chi connectivity index (χ1n) is 6.18. The van der Waals surface area contributed by atoms with Crippen LogP contribution in [0.2, 0.25) is 0 Å². The molecule has 1 atom stereocenters. The van der Waals surface area contributed by atoms with Crippen molar-refractivity contribution in [3.05, 3.63) is 42.2 Å². The van der Waals surface area contributed by atoms with Crippen LogP contribution in [-0.4, -0.2) is 22.8 Å². The third-order valence-electron chi connectivity index (χ3n) is 3.24. The van der Waals surface area contributed by atoms with Crippen molar-refractivity contribution in [2.75, 3.05) is 4.90 Å². The maximum Gasteiger partial charge on any atom is 0.276 e. The molecular formula is C13H12F2N4O. The van der Waals surface area contributed by atoms with E-state index in [0.717, 1.165) is 18.0 Å². The SMILES string of the molecule is CCC1=NNC2C(=O)N(c3ccc(F)c(F)c3)C=CN12. The number of amidine groups is 1. The molecule has 2 aliphatic heterocycles. The summed E-state index contributed by atoms with van der Waals surface area (Å²) in [6, 6.07) is 3.34. The number of hydrazone groups is 1. The van der Waals surface area contributed by atoms with Crippen molar-refractivity contribution < 1.29 is 13.6 Å². The van der Waals surface area contributed by atoms with E-state index in [2.05, 4.69) is 10.5 Å². The van der Waals surface area contributed by atoms with E-state index >= 15 is 0 Å². The summed E-state index contributed by atoms with van der Waals surface area (Å²) < 4.78 is 26.2.